The first-order chi connectivity index (χ1) is 14.4. The molecule has 4 rings (SSSR count). The normalized spacial score (nSPS) is 48.5. The van der Waals surface area contributed by atoms with Crippen LogP contribution in [0, 0.1) is 45.3 Å². The van der Waals surface area contributed by atoms with Crippen molar-refractivity contribution >= 4 is 12.3 Å². The predicted molar refractivity (Wildman–Crippen MR) is 121 cm³/mol. The Hall–Kier alpha value is -1.16. The van der Waals surface area contributed by atoms with Gasteiger partial charge in [-0.05, 0) is 78.1 Å². The first-order valence-corrected chi connectivity index (χ1v) is 12.4. The number of hydrogen-bond acceptors (Lipinski definition) is 4. The van der Waals surface area contributed by atoms with E-state index < -0.39 is 5.41 Å². The number of hydrogen-bond donors (Lipinski definition) is 1. The number of carbonyl (C=O) groups is 2. The molecule has 0 saturated heterocycles. The predicted octanol–water partition coefficient (Wildman–Crippen LogP) is 5.33. The Labute approximate surface area is 188 Å². The summed E-state index contributed by atoms with van der Waals surface area (Å²) in [5.74, 6) is 0.915. The van der Waals surface area contributed by atoms with Crippen LogP contribution in [0.5, 0.6) is 0 Å². The van der Waals surface area contributed by atoms with Crippen molar-refractivity contribution < 1.29 is 19.4 Å². The number of ether oxygens (including phenoxy) is 1. The third-order valence-electron chi connectivity index (χ3n) is 10.9. The van der Waals surface area contributed by atoms with Crippen molar-refractivity contribution in [2.75, 3.05) is 6.61 Å². The van der Waals surface area contributed by atoms with Gasteiger partial charge in [-0.2, -0.15) is 0 Å². The van der Waals surface area contributed by atoms with Crippen LogP contribution in [0.4, 0.5) is 0 Å². The monoisotopic (exact) mass is 430 g/mol. The standard InChI is InChI=1S/C27H42O4/c1-17(30)31-23-14-22-25(4)12-7-11-24(2,3)20(25)10-13-26(22,5)21-9-8-18(15-28)19(16-29)27(21,23)6/h8,15,19-23,29H,7,9-14,16H2,1-6H3/t19-,20?,21?,22?,23-,25-,26-,27+/m0/s1. The lowest BCUT2D eigenvalue weighted by molar-refractivity contribution is -0.242. The second-order valence-corrected chi connectivity index (χ2v) is 12.5. The van der Waals surface area contributed by atoms with E-state index in [1.165, 1.54) is 39.0 Å². The lowest BCUT2D eigenvalue weighted by Gasteiger charge is -2.70. The van der Waals surface area contributed by atoms with E-state index in [1.807, 2.05) is 0 Å². The zero-order chi connectivity index (χ0) is 22.8. The van der Waals surface area contributed by atoms with E-state index in [0.717, 1.165) is 19.1 Å². The number of esters is 1. The summed E-state index contributed by atoms with van der Waals surface area (Å²) in [6.45, 7) is 13.5. The van der Waals surface area contributed by atoms with Gasteiger partial charge in [0.05, 0.1) is 6.61 Å². The zero-order valence-corrected chi connectivity index (χ0v) is 20.4. The van der Waals surface area contributed by atoms with Gasteiger partial charge in [-0.1, -0.05) is 47.1 Å². The smallest absolute Gasteiger partial charge is 0.302 e. The molecule has 31 heavy (non-hydrogen) atoms. The van der Waals surface area contributed by atoms with Crippen molar-refractivity contribution in [3.8, 4) is 0 Å². The Kier molecular flexibility index (Phi) is 5.52. The van der Waals surface area contributed by atoms with Crippen molar-refractivity contribution in [1.82, 2.24) is 0 Å². The second kappa shape index (κ2) is 7.43. The van der Waals surface area contributed by atoms with Crippen LogP contribution < -0.4 is 0 Å². The van der Waals surface area contributed by atoms with Gasteiger partial charge in [-0.3, -0.25) is 9.59 Å². The molecule has 4 aliphatic rings. The summed E-state index contributed by atoms with van der Waals surface area (Å²) in [6, 6.07) is 0. The van der Waals surface area contributed by atoms with Crippen LogP contribution in [-0.4, -0.2) is 30.1 Å². The van der Waals surface area contributed by atoms with Crippen LogP contribution in [0.2, 0.25) is 0 Å². The van der Waals surface area contributed by atoms with Crippen molar-refractivity contribution in [1.29, 1.82) is 0 Å². The maximum absolute atomic E-state index is 12.2. The van der Waals surface area contributed by atoms with Gasteiger partial charge in [0, 0.05) is 18.3 Å². The van der Waals surface area contributed by atoms with Gasteiger partial charge in [0.25, 0.3) is 0 Å². The molecular weight excluding hydrogens is 388 g/mol. The summed E-state index contributed by atoms with van der Waals surface area (Å²) < 4.78 is 6.07. The van der Waals surface area contributed by atoms with Gasteiger partial charge in [-0.25, -0.2) is 0 Å². The molecule has 4 nitrogen and oxygen atoms in total. The quantitative estimate of drug-likeness (QED) is 0.485. The van der Waals surface area contributed by atoms with Crippen LogP contribution in [0.15, 0.2) is 11.6 Å². The highest BCUT2D eigenvalue weighted by atomic mass is 16.5. The van der Waals surface area contributed by atoms with Gasteiger partial charge < -0.3 is 9.84 Å². The van der Waals surface area contributed by atoms with Gasteiger partial charge >= 0.3 is 5.97 Å². The number of aliphatic hydroxyl groups excluding tert-OH is 1. The minimum absolute atomic E-state index is 0.0803. The largest absolute Gasteiger partial charge is 0.462 e. The first-order valence-electron chi connectivity index (χ1n) is 12.4. The third-order valence-corrected chi connectivity index (χ3v) is 10.9. The Balaban J connectivity index is 1.84. The highest BCUT2D eigenvalue weighted by Crippen LogP contribution is 2.73. The van der Waals surface area contributed by atoms with Crippen molar-refractivity contribution in [2.45, 2.75) is 92.6 Å². The minimum atomic E-state index is -0.427. The van der Waals surface area contributed by atoms with Crippen LogP contribution in [0.3, 0.4) is 0 Å². The Morgan fingerprint density at radius 3 is 2.39 bits per heavy atom. The summed E-state index contributed by atoms with van der Waals surface area (Å²) in [5, 5.41) is 10.4. The van der Waals surface area contributed by atoms with Crippen LogP contribution >= 0.6 is 0 Å². The maximum Gasteiger partial charge on any atom is 0.302 e. The molecular formula is C27H42O4. The number of allylic oxidation sites excluding steroid dienone is 1. The number of aldehydes is 1. The zero-order valence-electron chi connectivity index (χ0n) is 20.4. The Morgan fingerprint density at radius 1 is 1.10 bits per heavy atom. The molecule has 4 aliphatic carbocycles. The van der Waals surface area contributed by atoms with Gasteiger partial charge in [-0.15, -0.1) is 0 Å². The molecule has 0 heterocycles. The van der Waals surface area contributed by atoms with E-state index in [9.17, 15) is 14.7 Å². The van der Waals surface area contributed by atoms with Crippen LogP contribution in [0.25, 0.3) is 0 Å². The third kappa shape index (κ3) is 3.10. The first kappa shape index (κ1) is 23.0. The second-order valence-electron chi connectivity index (χ2n) is 12.5. The highest BCUT2D eigenvalue weighted by molar-refractivity contribution is 5.75. The molecule has 0 aromatic carbocycles. The fourth-order valence-corrected chi connectivity index (χ4v) is 9.60. The molecule has 0 radical (unpaired) electrons. The molecule has 0 bridgehead atoms. The van der Waals surface area contributed by atoms with Gasteiger partial charge in [0.1, 0.15) is 12.4 Å². The van der Waals surface area contributed by atoms with Crippen molar-refractivity contribution in [3.63, 3.8) is 0 Å². The number of fused-ring (bicyclic) bond motifs is 5. The van der Waals surface area contributed by atoms with E-state index in [0.29, 0.717) is 22.8 Å². The lowest BCUT2D eigenvalue weighted by Crippen LogP contribution is -2.67. The summed E-state index contributed by atoms with van der Waals surface area (Å²) in [4.78, 5) is 24.1. The lowest BCUT2D eigenvalue weighted by atomic mass is 9.34. The van der Waals surface area contributed by atoms with E-state index >= 15 is 0 Å². The summed E-state index contributed by atoms with van der Waals surface area (Å²) in [6.07, 6.45) is 10.6. The van der Waals surface area contributed by atoms with Gasteiger partial charge in [0.2, 0.25) is 0 Å². The molecule has 4 heteroatoms. The van der Waals surface area contributed by atoms with Gasteiger partial charge in [0.15, 0.2) is 0 Å². The molecule has 8 atom stereocenters. The minimum Gasteiger partial charge on any atom is -0.462 e. The fraction of sp³-hybridized carbons (Fsp3) is 0.852. The summed E-state index contributed by atoms with van der Waals surface area (Å²) in [7, 11) is 0. The number of rotatable bonds is 3. The molecule has 0 aliphatic heterocycles. The van der Waals surface area contributed by atoms with E-state index in [1.54, 1.807) is 0 Å². The topological polar surface area (TPSA) is 63.6 Å². The van der Waals surface area contributed by atoms with Crippen molar-refractivity contribution in [2.24, 2.45) is 45.3 Å². The summed E-state index contributed by atoms with van der Waals surface area (Å²) >= 11 is 0. The SMILES string of the molecule is CC(=O)O[C@H]1CC2[C@@]3(C)CCCC(C)(C)C3CC[C@@]2(C)C2CC=C(C=O)[C@H](CO)[C@]21C. The highest BCUT2D eigenvalue weighted by Gasteiger charge is 2.68. The molecule has 0 aromatic heterocycles. The average Bonchev–Trinajstić information content (AvgIpc) is 2.67. The molecule has 3 saturated carbocycles. The van der Waals surface area contributed by atoms with E-state index in [4.69, 9.17) is 4.74 Å². The summed E-state index contributed by atoms with van der Waals surface area (Å²) in [5.41, 5.74) is 0.945. The van der Waals surface area contributed by atoms with Crippen LogP contribution in [0.1, 0.15) is 86.5 Å². The van der Waals surface area contributed by atoms with Crippen LogP contribution in [-0.2, 0) is 14.3 Å². The van der Waals surface area contributed by atoms with E-state index in [-0.39, 0.29) is 41.3 Å². The van der Waals surface area contributed by atoms with E-state index in [2.05, 4.69) is 40.7 Å². The maximum atomic E-state index is 12.2. The molecule has 3 unspecified atom stereocenters. The molecule has 174 valence electrons. The molecule has 0 spiro atoms. The average molecular weight is 431 g/mol. The number of aliphatic hydroxyl groups is 1. The molecule has 0 amide bonds. The fourth-order valence-electron chi connectivity index (χ4n) is 9.60. The molecule has 0 aromatic rings. The van der Waals surface area contributed by atoms with Crippen molar-refractivity contribution in [3.05, 3.63) is 11.6 Å². The molecule has 3 fully saturated rings. The Bertz CT molecular complexity index is 784. The number of carbonyl (C=O) groups excluding carboxylic acids is 2. The Morgan fingerprint density at radius 2 is 1.77 bits per heavy atom. The molecule has 1 N–H and O–H groups in total.